The Morgan fingerprint density at radius 1 is 1.03 bits per heavy atom. The number of carbonyl (C=O) groups is 3. The van der Waals surface area contributed by atoms with Crippen molar-refractivity contribution in [1.29, 1.82) is 0 Å². The summed E-state index contributed by atoms with van der Waals surface area (Å²) in [6.45, 7) is 7.45. The third kappa shape index (κ3) is 5.40. The van der Waals surface area contributed by atoms with Crippen molar-refractivity contribution in [2.75, 3.05) is 18.5 Å². The fourth-order valence-electron chi connectivity index (χ4n) is 3.33. The Labute approximate surface area is 199 Å². The highest BCUT2D eigenvalue weighted by Crippen LogP contribution is 2.27. The van der Waals surface area contributed by atoms with Crippen molar-refractivity contribution in [3.05, 3.63) is 62.4 Å². The van der Waals surface area contributed by atoms with Crippen LogP contribution in [0.2, 0.25) is 5.02 Å². The van der Waals surface area contributed by atoms with Gasteiger partial charge in [-0.05, 0) is 45.9 Å². The topological polar surface area (TPSA) is 112 Å². The molecule has 0 aliphatic heterocycles. The Bertz CT molecular complexity index is 1160. The monoisotopic (exact) mass is 490 g/mol. The van der Waals surface area contributed by atoms with Crippen LogP contribution in [-0.2, 0) is 16.0 Å². The van der Waals surface area contributed by atoms with Gasteiger partial charge in [0, 0.05) is 22.0 Å². The molecule has 33 heavy (non-hydrogen) atoms. The number of hydrogen-bond acceptors (Lipinski definition) is 8. The summed E-state index contributed by atoms with van der Waals surface area (Å²) in [5.41, 5.74) is 1.84. The van der Waals surface area contributed by atoms with E-state index in [1.54, 1.807) is 56.5 Å². The molecule has 0 saturated carbocycles. The van der Waals surface area contributed by atoms with Crippen LogP contribution in [0.1, 0.15) is 61.3 Å². The number of aromatic nitrogens is 3. The molecule has 11 heteroatoms. The number of esters is 2. The number of amides is 1. The zero-order valence-electron chi connectivity index (χ0n) is 18.6. The van der Waals surface area contributed by atoms with Crippen LogP contribution < -0.4 is 5.32 Å². The SMILES string of the molecule is CCOC(=O)c1c(C(=O)OCC)c(C)n(Cc2nnc(NC(=O)c3cccc(Cl)c3)s2)c1C. The van der Waals surface area contributed by atoms with E-state index in [1.165, 1.54) is 11.3 Å². The van der Waals surface area contributed by atoms with E-state index < -0.39 is 11.9 Å². The zero-order chi connectivity index (χ0) is 24.1. The lowest BCUT2D eigenvalue weighted by Gasteiger charge is -2.07. The standard InChI is InChI=1S/C22H23ClN4O5S/c1-5-31-20(29)17-12(3)27(13(4)18(17)21(30)32-6-2)11-16-25-26-22(33-16)24-19(28)14-8-7-9-15(23)10-14/h7-10H,5-6,11H2,1-4H3,(H,24,26,28). The highest BCUT2D eigenvalue weighted by Gasteiger charge is 2.29. The van der Waals surface area contributed by atoms with Gasteiger partial charge >= 0.3 is 11.9 Å². The van der Waals surface area contributed by atoms with Gasteiger partial charge in [0.25, 0.3) is 5.91 Å². The maximum atomic E-state index is 12.6. The summed E-state index contributed by atoms with van der Waals surface area (Å²) in [6, 6.07) is 6.56. The average Bonchev–Trinajstić information content (AvgIpc) is 3.31. The molecule has 2 aromatic heterocycles. The molecular weight excluding hydrogens is 468 g/mol. The molecule has 0 aliphatic carbocycles. The molecule has 3 aromatic rings. The first kappa shape index (κ1) is 24.4. The van der Waals surface area contributed by atoms with Gasteiger partial charge in [0.1, 0.15) is 5.01 Å². The number of hydrogen-bond donors (Lipinski definition) is 1. The van der Waals surface area contributed by atoms with Crippen molar-refractivity contribution in [1.82, 2.24) is 14.8 Å². The maximum Gasteiger partial charge on any atom is 0.340 e. The van der Waals surface area contributed by atoms with Gasteiger partial charge in [-0.15, -0.1) is 10.2 Å². The fourth-order valence-corrected chi connectivity index (χ4v) is 4.24. The van der Waals surface area contributed by atoms with E-state index in [2.05, 4.69) is 15.5 Å². The smallest absolute Gasteiger partial charge is 0.340 e. The minimum atomic E-state index is -0.591. The van der Waals surface area contributed by atoms with Gasteiger partial charge in [-0.3, -0.25) is 10.1 Å². The van der Waals surface area contributed by atoms with Crippen molar-refractivity contribution < 1.29 is 23.9 Å². The highest BCUT2D eigenvalue weighted by molar-refractivity contribution is 7.15. The first-order valence-corrected chi connectivity index (χ1v) is 11.4. The van der Waals surface area contributed by atoms with Crippen LogP contribution in [0.5, 0.6) is 0 Å². The summed E-state index contributed by atoms with van der Waals surface area (Å²) in [4.78, 5) is 37.6. The van der Waals surface area contributed by atoms with E-state index in [9.17, 15) is 14.4 Å². The summed E-state index contributed by atoms with van der Waals surface area (Å²) in [7, 11) is 0. The van der Waals surface area contributed by atoms with E-state index in [-0.39, 0.29) is 36.8 Å². The van der Waals surface area contributed by atoms with Gasteiger partial charge in [-0.25, -0.2) is 9.59 Å². The molecular formula is C22H23ClN4O5S. The number of ether oxygens (including phenoxy) is 2. The Balaban J connectivity index is 1.87. The Kier molecular flexibility index (Phi) is 7.83. The second kappa shape index (κ2) is 10.6. The van der Waals surface area contributed by atoms with Crippen LogP contribution >= 0.6 is 22.9 Å². The second-order valence-corrected chi connectivity index (χ2v) is 8.41. The molecule has 174 valence electrons. The van der Waals surface area contributed by atoms with Gasteiger partial charge in [-0.1, -0.05) is 29.0 Å². The number of carbonyl (C=O) groups excluding carboxylic acids is 3. The first-order valence-electron chi connectivity index (χ1n) is 10.2. The summed E-state index contributed by atoms with van der Waals surface area (Å²) < 4.78 is 12.1. The molecule has 3 rings (SSSR count). The maximum absolute atomic E-state index is 12.6. The number of rotatable bonds is 8. The predicted octanol–water partition coefficient (Wildman–Crippen LogP) is 4.26. The van der Waals surface area contributed by atoms with Crippen LogP contribution in [0.3, 0.4) is 0 Å². The molecule has 0 spiro atoms. The van der Waals surface area contributed by atoms with E-state index in [0.717, 1.165) is 0 Å². The summed E-state index contributed by atoms with van der Waals surface area (Å²) in [5.74, 6) is -1.54. The lowest BCUT2D eigenvalue weighted by Crippen LogP contribution is -2.13. The highest BCUT2D eigenvalue weighted by atomic mass is 35.5. The molecule has 1 amide bonds. The largest absolute Gasteiger partial charge is 0.462 e. The molecule has 1 N–H and O–H groups in total. The zero-order valence-corrected chi connectivity index (χ0v) is 20.2. The van der Waals surface area contributed by atoms with E-state index in [1.807, 2.05) is 0 Å². The van der Waals surface area contributed by atoms with Gasteiger partial charge in [0.15, 0.2) is 0 Å². The fraction of sp³-hybridized carbons (Fsp3) is 0.318. The predicted molar refractivity (Wildman–Crippen MR) is 124 cm³/mol. The van der Waals surface area contributed by atoms with E-state index >= 15 is 0 Å². The third-order valence-corrected chi connectivity index (χ3v) is 5.87. The summed E-state index contributed by atoms with van der Waals surface area (Å²) in [5, 5.41) is 12.2. The molecule has 0 radical (unpaired) electrons. The summed E-state index contributed by atoms with van der Waals surface area (Å²) >= 11 is 7.13. The summed E-state index contributed by atoms with van der Waals surface area (Å²) in [6.07, 6.45) is 0. The normalized spacial score (nSPS) is 10.7. The molecule has 0 aliphatic rings. The van der Waals surface area contributed by atoms with Gasteiger partial charge in [0.05, 0.1) is 30.9 Å². The minimum Gasteiger partial charge on any atom is -0.462 e. The molecule has 0 bridgehead atoms. The molecule has 0 unspecified atom stereocenters. The van der Waals surface area contributed by atoms with Gasteiger partial charge in [0.2, 0.25) is 5.13 Å². The molecule has 1 aromatic carbocycles. The molecule has 2 heterocycles. The third-order valence-electron chi connectivity index (χ3n) is 4.81. The van der Waals surface area contributed by atoms with E-state index in [0.29, 0.717) is 32.1 Å². The van der Waals surface area contributed by atoms with Crippen molar-refractivity contribution in [3.8, 4) is 0 Å². The molecule has 0 atom stereocenters. The Hall–Kier alpha value is -3.24. The van der Waals surface area contributed by atoms with Crippen LogP contribution in [0, 0.1) is 13.8 Å². The molecule has 0 saturated heterocycles. The quantitative estimate of drug-likeness (QED) is 0.469. The number of nitrogens with one attached hydrogen (secondary N) is 1. The van der Waals surface area contributed by atoms with Crippen molar-refractivity contribution in [2.45, 2.75) is 34.2 Å². The molecule has 0 fully saturated rings. The number of benzene rings is 1. The number of anilines is 1. The second-order valence-electron chi connectivity index (χ2n) is 6.91. The number of halogens is 1. The van der Waals surface area contributed by atoms with E-state index in [4.69, 9.17) is 21.1 Å². The first-order chi connectivity index (χ1) is 15.8. The lowest BCUT2D eigenvalue weighted by atomic mass is 10.1. The lowest BCUT2D eigenvalue weighted by molar-refractivity contribution is 0.0479. The number of nitrogens with zero attached hydrogens (tertiary/aromatic N) is 3. The van der Waals surface area contributed by atoms with Crippen LogP contribution in [0.15, 0.2) is 24.3 Å². The average molecular weight is 491 g/mol. The van der Waals surface area contributed by atoms with Crippen LogP contribution in [0.4, 0.5) is 5.13 Å². The van der Waals surface area contributed by atoms with Crippen LogP contribution in [-0.4, -0.2) is 45.8 Å². The minimum absolute atomic E-state index is 0.173. The Morgan fingerprint density at radius 3 is 2.18 bits per heavy atom. The van der Waals surface area contributed by atoms with Crippen molar-refractivity contribution in [3.63, 3.8) is 0 Å². The Morgan fingerprint density at radius 2 is 1.64 bits per heavy atom. The van der Waals surface area contributed by atoms with Gasteiger partial charge in [-0.2, -0.15) is 0 Å². The van der Waals surface area contributed by atoms with Crippen molar-refractivity contribution in [2.24, 2.45) is 0 Å². The molecule has 9 nitrogen and oxygen atoms in total. The van der Waals surface area contributed by atoms with Gasteiger partial charge < -0.3 is 14.0 Å². The van der Waals surface area contributed by atoms with Crippen LogP contribution in [0.25, 0.3) is 0 Å². The van der Waals surface area contributed by atoms with Crippen molar-refractivity contribution >= 4 is 45.9 Å².